The Labute approximate surface area is 128 Å². The summed E-state index contributed by atoms with van der Waals surface area (Å²) in [5.41, 5.74) is -0.139. The van der Waals surface area contributed by atoms with Crippen LogP contribution in [-0.2, 0) is 6.42 Å². The fraction of sp³-hybridized carbons (Fsp3) is 0.167. The molecule has 1 heterocycles. The lowest BCUT2D eigenvalue weighted by atomic mass is 10.2. The second-order valence-electron chi connectivity index (χ2n) is 3.92. The van der Waals surface area contributed by atoms with Gasteiger partial charge >= 0.3 is 0 Å². The molecule has 2 aromatic rings. The molecule has 0 aliphatic heterocycles. The van der Waals surface area contributed by atoms with E-state index in [1.54, 1.807) is 6.07 Å². The zero-order valence-corrected chi connectivity index (χ0v) is 12.4. The van der Waals surface area contributed by atoms with Crippen LogP contribution in [0.1, 0.15) is 4.88 Å². The van der Waals surface area contributed by atoms with E-state index in [1.807, 2.05) is 6.07 Å². The zero-order chi connectivity index (χ0) is 14.7. The topological polar surface area (TPSA) is 55.2 Å². The van der Waals surface area contributed by atoms with Gasteiger partial charge in [-0.05, 0) is 18.6 Å². The molecule has 1 aromatic carbocycles. The fourth-order valence-corrected chi connectivity index (χ4v) is 2.88. The van der Waals surface area contributed by atoms with E-state index in [1.165, 1.54) is 11.3 Å². The Balaban J connectivity index is 2.08. The highest BCUT2D eigenvalue weighted by Crippen LogP contribution is 2.30. The molecule has 0 atom stereocenters. The van der Waals surface area contributed by atoms with Crippen LogP contribution >= 0.6 is 34.5 Å². The number of nitrogens with zero attached hydrogens (tertiary/aromatic N) is 1. The molecule has 0 amide bonds. The lowest BCUT2D eigenvalue weighted by Gasteiger charge is -2.07. The smallest absolute Gasteiger partial charge is 0.294 e. The molecule has 1 aromatic heterocycles. The van der Waals surface area contributed by atoms with E-state index < -0.39 is 10.7 Å². The number of hydrogen-bond donors (Lipinski definition) is 1. The van der Waals surface area contributed by atoms with E-state index in [0.717, 1.165) is 17.0 Å². The van der Waals surface area contributed by atoms with E-state index in [9.17, 15) is 14.5 Å². The third-order valence-corrected chi connectivity index (χ3v) is 4.13. The normalized spacial score (nSPS) is 10.6. The largest absolute Gasteiger partial charge is 0.379 e. The number of benzene rings is 1. The van der Waals surface area contributed by atoms with Crippen molar-refractivity contribution in [2.24, 2.45) is 0 Å². The van der Waals surface area contributed by atoms with Crippen molar-refractivity contribution in [3.05, 3.63) is 54.4 Å². The van der Waals surface area contributed by atoms with Crippen molar-refractivity contribution in [1.82, 2.24) is 0 Å². The maximum atomic E-state index is 13.4. The molecule has 8 heteroatoms. The molecule has 1 N–H and O–H groups in total. The Kier molecular flexibility index (Phi) is 4.80. The van der Waals surface area contributed by atoms with Gasteiger partial charge in [0.15, 0.2) is 0 Å². The predicted octanol–water partition coefficient (Wildman–Crippen LogP) is 4.76. The van der Waals surface area contributed by atoms with E-state index in [4.69, 9.17) is 23.2 Å². The first-order valence-electron chi connectivity index (χ1n) is 5.59. The standard InChI is InChI=1S/C12H9Cl2FN2O2S/c13-8-5-11(17(18)19)10(6-9(8)15)16-4-3-7-1-2-12(14)20-7/h1-2,5-6,16H,3-4H2. The molecule has 0 spiro atoms. The van der Waals surface area contributed by atoms with Gasteiger partial charge in [-0.3, -0.25) is 10.1 Å². The monoisotopic (exact) mass is 334 g/mol. The highest BCUT2D eigenvalue weighted by molar-refractivity contribution is 7.16. The minimum Gasteiger partial charge on any atom is -0.379 e. The lowest BCUT2D eigenvalue weighted by Crippen LogP contribution is -2.06. The molecule has 4 nitrogen and oxygen atoms in total. The summed E-state index contributed by atoms with van der Waals surface area (Å²) in [7, 11) is 0. The van der Waals surface area contributed by atoms with Gasteiger partial charge in [0, 0.05) is 23.6 Å². The fourth-order valence-electron chi connectivity index (χ4n) is 1.64. The number of thiophene rings is 1. The molecule has 0 saturated carbocycles. The van der Waals surface area contributed by atoms with Crippen LogP contribution < -0.4 is 5.32 Å². The average Bonchev–Trinajstić information content (AvgIpc) is 2.79. The third-order valence-electron chi connectivity index (χ3n) is 2.55. The highest BCUT2D eigenvalue weighted by Gasteiger charge is 2.17. The second kappa shape index (κ2) is 6.39. The van der Waals surface area contributed by atoms with Crippen LogP contribution in [0.2, 0.25) is 9.36 Å². The van der Waals surface area contributed by atoms with Crippen molar-refractivity contribution >= 4 is 45.9 Å². The van der Waals surface area contributed by atoms with Crippen molar-refractivity contribution in [1.29, 1.82) is 0 Å². The summed E-state index contributed by atoms with van der Waals surface area (Å²) in [4.78, 5) is 11.3. The van der Waals surface area contributed by atoms with E-state index in [-0.39, 0.29) is 16.4 Å². The molecule has 0 unspecified atom stereocenters. The summed E-state index contributed by atoms with van der Waals surface area (Å²) < 4.78 is 14.1. The van der Waals surface area contributed by atoms with Crippen LogP contribution in [0.25, 0.3) is 0 Å². The minimum absolute atomic E-state index is 0.111. The molecule has 0 fully saturated rings. The van der Waals surface area contributed by atoms with Gasteiger partial charge in [-0.2, -0.15) is 0 Å². The van der Waals surface area contributed by atoms with Crippen molar-refractivity contribution < 1.29 is 9.31 Å². The number of hydrogen-bond acceptors (Lipinski definition) is 4. The van der Waals surface area contributed by atoms with Crippen molar-refractivity contribution in [2.75, 3.05) is 11.9 Å². The first-order valence-corrected chi connectivity index (χ1v) is 7.16. The maximum Gasteiger partial charge on any atom is 0.294 e. The van der Waals surface area contributed by atoms with Gasteiger partial charge in [0.25, 0.3) is 5.69 Å². The summed E-state index contributed by atoms with van der Waals surface area (Å²) in [5.74, 6) is -0.695. The van der Waals surface area contributed by atoms with Crippen molar-refractivity contribution in [3.63, 3.8) is 0 Å². The van der Waals surface area contributed by atoms with Gasteiger partial charge in [-0.1, -0.05) is 23.2 Å². The molecule has 0 radical (unpaired) electrons. The van der Waals surface area contributed by atoms with Gasteiger partial charge in [0.05, 0.1) is 14.3 Å². The van der Waals surface area contributed by atoms with Gasteiger partial charge in [-0.25, -0.2) is 4.39 Å². The molecule has 2 rings (SSSR count). The molecule has 0 aliphatic rings. The van der Waals surface area contributed by atoms with Crippen LogP contribution in [0.5, 0.6) is 0 Å². The second-order valence-corrected chi connectivity index (χ2v) is 6.13. The number of nitro groups is 1. The van der Waals surface area contributed by atoms with Gasteiger partial charge < -0.3 is 5.32 Å². The number of halogens is 3. The third kappa shape index (κ3) is 3.59. The van der Waals surface area contributed by atoms with Crippen LogP contribution in [0.15, 0.2) is 24.3 Å². The molecular formula is C12H9Cl2FN2O2S. The SMILES string of the molecule is O=[N+]([O-])c1cc(Cl)c(F)cc1NCCc1ccc(Cl)s1. The Morgan fingerprint density at radius 1 is 1.35 bits per heavy atom. The summed E-state index contributed by atoms with van der Waals surface area (Å²) in [6, 6.07) is 5.70. The lowest BCUT2D eigenvalue weighted by molar-refractivity contribution is -0.384. The molecule has 106 valence electrons. The van der Waals surface area contributed by atoms with Gasteiger partial charge in [-0.15, -0.1) is 11.3 Å². The van der Waals surface area contributed by atoms with E-state index >= 15 is 0 Å². The minimum atomic E-state index is -0.695. The summed E-state index contributed by atoms with van der Waals surface area (Å²) in [6.45, 7) is 0.429. The van der Waals surface area contributed by atoms with Crippen molar-refractivity contribution in [3.8, 4) is 0 Å². The number of anilines is 1. The van der Waals surface area contributed by atoms with Crippen LogP contribution in [0, 0.1) is 15.9 Å². The first-order chi connectivity index (χ1) is 9.47. The maximum absolute atomic E-state index is 13.4. The Hall–Kier alpha value is -1.37. The Morgan fingerprint density at radius 3 is 2.70 bits per heavy atom. The van der Waals surface area contributed by atoms with Crippen LogP contribution in [0.4, 0.5) is 15.8 Å². The molecule has 0 aliphatic carbocycles. The Bertz CT molecular complexity index is 648. The zero-order valence-electron chi connectivity index (χ0n) is 10.0. The van der Waals surface area contributed by atoms with Crippen LogP contribution in [-0.4, -0.2) is 11.5 Å². The summed E-state index contributed by atoms with van der Waals surface area (Å²) in [5, 5.41) is 13.5. The van der Waals surface area contributed by atoms with E-state index in [2.05, 4.69) is 5.32 Å². The van der Waals surface area contributed by atoms with Crippen molar-refractivity contribution in [2.45, 2.75) is 6.42 Å². The van der Waals surface area contributed by atoms with Crippen LogP contribution in [0.3, 0.4) is 0 Å². The summed E-state index contributed by atoms with van der Waals surface area (Å²) in [6.07, 6.45) is 0.638. The molecule has 0 saturated heterocycles. The molecule has 20 heavy (non-hydrogen) atoms. The van der Waals surface area contributed by atoms with Gasteiger partial charge in [0.2, 0.25) is 0 Å². The summed E-state index contributed by atoms with van der Waals surface area (Å²) >= 11 is 12.8. The number of rotatable bonds is 5. The highest BCUT2D eigenvalue weighted by atomic mass is 35.5. The quantitative estimate of drug-likeness (QED) is 0.633. The predicted molar refractivity (Wildman–Crippen MR) is 79.6 cm³/mol. The number of nitro benzene ring substituents is 1. The van der Waals surface area contributed by atoms with E-state index in [0.29, 0.717) is 17.3 Å². The molecule has 0 bridgehead atoms. The average molecular weight is 335 g/mol. The van der Waals surface area contributed by atoms with Gasteiger partial charge in [0.1, 0.15) is 11.5 Å². The number of nitrogens with one attached hydrogen (secondary N) is 1. The first kappa shape index (κ1) is 15.0. The Morgan fingerprint density at radius 2 is 2.10 bits per heavy atom. The molecular weight excluding hydrogens is 326 g/mol.